The van der Waals surface area contributed by atoms with Crippen molar-refractivity contribution in [2.24, 2.45) is 10.1 Å². The standard InChI is InChI=1S/C23H18N6OS/c1-14-12-17(15(2)28(14)18-6-4-3-5-7-18)13-19-20(24)29-23(26-21(19)30)31-22(27-29)16-8-10-25-11-9-16/h3-13,24H,1-2H3/b19-13-,24-20?. The molecular weight excluding hydrogens is 408 g/mol. The van der Waals surface area contributed by atoms with E-state index < -0.39 is 5.91 Å². The molecule has 31 heavy (non-hydrogen) atoms. The second-order valence-electron chi connectivity index (χ2n) is 7.16. The minimum absolute atomic E-state index is 0.0241. The van der Waals surface area contributed by atoms with Crippen LogP contribution < -0.4 is 0 Å². The molecule has 5 rings (SSSR count). The molecule has 0 saturated heterocycles. The topological polar surface area (TPSA) is 86.7 Å². The van der Waals surface area contributed by atoms with Crippen molar-refractivity contribution in [3.8, 4) is 5.69 Å². The maximum Gasteiger partial charge on any atom is 0.283 e. The number of hydrogen-bond acceptors (Lipinski definition) is 5. The molecule has 0 bridgehead atoms. The molecule has 0 spiro atoms. The number of pyridine rings is 1. The summed E-state index contributed by atoms with van der Waals surface area (Å²) in [7, 11) is 0. The van der Waals surface area contributed by atoms with Crippen molar-refractivity contribution in [3.63, 3.8) is 0 Å². The van der Waals surface area contributed by atoms with Crippen molar-refractivity contribution in [2.75, 3.05) is 0 Å². The predicted molar refractivity (Wildman–Crippen MR) is 124 cm³/mol. The molecule has 0 unspecified atom stereocenters. The Bertz CT molecular complexity index is 1300. The quantitative estimate of drug-likeness (QED) is 0.637. The van der Waals surface area contributed by atoms with Crippen LogP contribution in [0.15, 0.2) is 76.6 Å². The van der Waals surface area contributed by atoms with Gasteiger partial charge in [0.2, 0.25) is 5.17 Å². The Labute approximate surface area is 183 Å². The van der Waals surface area contributed by atoms with E-state index in [1.54, 1.807) is 18.5 Å². The Kier molecular flexibility index (Phi) is 4.63. The lowest BCUT2D eigenvalue weighted by molar-refractivity contribution is -0.114. The van der Waals surface area contributed by atoms with E-state index in [1.165, 1.54) is 16.8 Å². The average Bonchev–Trinajstić information content (AvgIpc) is 3.33. The van der Waals surface area contributed by atoms with Gasteiger partial charge in [-0.3, -0.25) is 15.2 Å². The first kappa shape index (κ1) is 19.2. The zero-order valence-electron chi connectivity index (χ0n) is 16.9. The van der Waals surface area contributed by atoms with Crippen molar-refractivity contribution in [2.45, 2.75) is 13.8 Å². The summed E-state index contributed by atoms with van der Waals surface area (Å²) in [6.07, 6.45) is 5.10. The number of aromatic nitrogens is 2. The molecule has 2 aliphatic rings. The molecule has 0 atom stereocenters. The molecule has 1 N–H and O–H groups in total. The second-order valence-corrected chi connectivity index (χ2v) is 8.11. The van der Waals surface area contributed by atoms with Crippen LogP contribution in [-0.4, -0.2) is 36.5 Å². The summed E-state index contributed by atoms with van der Waals surface area (Å²) < 4.78 is 2.13. The Morgan fingerprint density at radius 3 is 2.55 bits per heavy atom. The van der Waals surface area contributed by atoms with E-state index in [2.05, 4.69) is 19.6 Å². The van der Waals surface area contributed by atoms with Gasteiger partial charge in [0.15, 0.2) is 5.84 Å². The lowest BCUT2D eigenvalue weighted by Gasteiger charge is -2.20. The Morgan fingerprint density at radius 2 is 1.81 bits per heavy atom. The Balaban J connectivity index is 1.52. The predicted octanol–water partition coefficient (Wildman–Crippen LogP) is 4.16. The number of amides is 1. The number of nitrogens with one attached hydrogen (secondary N) is 1. The van der Waals surface area contributed by atoms with Crippen LogP contribution in [0, 0.1) is 19.3 Å². The fourth-order valence-corrected chi connectivity index (χ4v) is 4.56. The molecule has 8 heteroatoms. The lowest BCUT2D eigenvalue weighted by Crippen LogP contribution is -2.35. The lowest BCUT2D eigenvalue weighted by atomic mass is 10.1. The van der Waals surface area contributed by atoms with Gasteiger partial charge in [-0.15, -0.1) is 0 Å². The first-order valence-corrected chi connectivity index (χ1v) is 10.5. The van der Waals surface area contributed by atoms with Gasteiger partial charge in [-0.05, 0) is 67.6 Å². The molecule has 0 saturated carbocycles. The Morgan fingerprint density at radius 1 is 1.06 bits per heavy atom. The molecule has 1 amide bonds. The summed E-state index contributed by atoms with van der Waals surface area (Å²) in [5.74, 6) is -0.407. The number of hydrogen-bond donors (Lipinski definition) is 1. The highest BCUT2D eigenvalue weighted by Gasteiger charge is 2.36. The number of carbonyl (C=O) groups is 1. The summed E-state index contributed by atoms with van der Waals surface area (Å²) in [5.41, 5.74) is 5.05. The third-order valence-electron chi connectivity index (χ3n) is 5.17. The van der Waals surface area contributed by atoms with E-state index in [9.17, 15) is 4.79 Å². The zero-order valence-corrected chi connectivity index (χ0v) is 17.7. The van der Waals surface area contributed by atoms with E-state index in [4.69, 9.17) is 5.41 Å². The third-order valence-corrected chi connectivity index (χ3v) is 6.12. The number of amidine groups is 2. The minimum Gasteiger partial charge on any atom is -0.318 e. The van der Waals surface area contributed by atoms with Crippen molar-refractivity contribution < 1.29 is 4.79 Å². The summed E-state index contributed by atoms with van der Waals surface area (Å²) >= 11 is 1.28. The summed E-state index contributed by atoms with van der Waals surface area (Å²) in [4.78, 5) is 21.0. The van der Waals surface area contributed by atoms with Gasteiger partial charge in [0.05, 0.1) is 5.57 Å². The highest BCUT2D eigenvalue weighted by molar-refractivity contribution is 8.27. The van der Waals surface area contributed by atoms with E-state index in [1.807, 2.05) is 62.4 Å². The van der Waals surface area contributed by atoms with Crippen molar-refractivity contribution in [1.29, 1.82) is 5.41 Å². The molecule has 0 fully saturated rings. The maximum atomic E-state index is 12.8. The molecule has 152 valence electrons. The number of aryl methyl sites for hydroxylation is 1. The number of nitrogens with zero attached hydrogens (tertiary/aromatic N) is 5. The van der Waals surface area contributed by atoms with Crippen molar-refractivity contribution in [3.05, 3.63) is 89.0 Å². The number of rotatable bonds is 3. The molecule has 1 aromatic carbocycles. The van der Waals surface area contributed by atoms with Gasteiger partial charge in [-0.1, -0.05) is 18.2 Å². The third kappa shape index (κ3) is 3.30. The van der Waals surface area contributed by atoms with Crippen molar-refractivity contribution in [1.82, 2.24) is 14.6 Å². The van der Waals surface area contributed by atoms with Gasteiger partial charge < -0.3 is 4.57 Å². The molecule has 2 aromatic heterocycles. The van der Waals surface area contributed by atoms with Crippen LogP contribution in [0.3, 0.4) is 0 Å². The van der Waals surface area contributed by atoms with Crippen LogP contribution in [-0.2, 0) is 4.79 Å². The highest BCUT2D eigenvalue weighted by Crippen LogP contribution is 2.31. The number of para-hydroxylation sites is 1. The van der Waals surface area contributed by atoms with E-state index >= 15 is 0 Å². The summed E-state index contributed by atoms with van der Waals surface area (Å²) in [6, 6.07) is 15.7. The molecule has 0 radical (unpaired) electrons. The first-order valence-electron chi connectivity index (χ1n) is 9.68. The number of benzene rings is 1. The van der Waals surface area contributed by atoms with Gasteiger partial charge in [0.25, 0.3) is 5.91 Å². The van der Waals surface area contributed by atoms with Crippen LogP contribution >= 0.6 is 11.8 Å². The smallest absolute Gasteiger partial charge is 0.283 e. The van der Waals surface area contributed by atoms with Gasteiger partial charge in [-0.25, -0.2) is 0 Å². The summed E-state index contributed by atoms with van der Waals surface area (Å²) in [5, 5.41) is 15.6. The first-order chi connectivity index (χ1) is 15.0. The fourth-order valence-electron chi connectivity index (χ4n) is 3.67. The normalized spacial score (nSPS) is 17.1. The van der Waals surface area contributed by atoms with Gasteiger partial charge >= 0.3 is 0 Å². The van der Waals surface area contributed by atoms with Gasteiger partial charge in [0, 0.05) is 35.0 Å². The van der Waals surface area contributed by atoms with Crippen molar-refractivity contribution >= 4 is 39.8 Å². The molecule has 4 heterocycles. The van der Waals surface area contributed by atoms with Crippen LogP contribution in [0.4, 0.5) is 0 Å². The monoisotopic (exact) mass is 426 g/mol. The highest BCUT2D eigenvalue weighted by atomic mass is 32.2. The van der Waals surface area contributed by atoms with E-state index in [-0.39, 0.29) is 11.4 Å². The van der Waals surface area contributed by atoms with Crippen LogP contribution in [0.5, 0.6) is 0 Å². The molecule has 7 nitrogen and oxygen atoms in total. The van der Waals surface area contributed by atoms with E-state index in [0.29, 0.717) is 10.2 Å². The molecule has 0 aliphatic carbocycles. The molecule has 3 aromatic rings. The molecule has 2 aliphatic heterocycles. The van der Waals surface area contributed by atoms with Crippen LogP contribution in [0.2, 0.25) is 0 Å². The fraction of sp³-hybridized carbons (Fsp3) is 0.0870. The molecular formula is C23H18N6OS. The zero-order chi connectivity index (χ0) is 21.5. The number of aliphatic imine (C=N–C) groups is 1. The average molecular weight is 427 g/mol. The summed E-state index contributed by atoms with van der Waals surface area (Å²) in [6.45, 7) is 4.03. The second kappa shape index (κ2) is 7.48. The minimum atomic E-state index is -0.431. The number of carbonyl (C=O) groups excluding carboxylic acids is 1. The van der Waals surface area contributed by atoms with Gasteiger partial charge in [0.1, 0.15) is 5.04 Å². The van der Waals surface area contributed by atoms with E-state index in [0.717, 1.165) is 28.2 Å². The van der Waals surface area contributed by atoms with Gasteiger partial charge in [-0.2, -0.15) is 15.1 Å². The largest absolute Gasteiger partial charge is 0.318 e. The number of fused-ring (bicyclic) bond motifs is 1. The number of thioether (sulfide) groups is 1. The van der Waals surface area contributed by atoms with Crippen LogP contribution in [0.1, 0.15) is 22.5 Å². The maximum absolute atomic E-state index is 12.8. The Hall–Kier alpha value is -3.78. The van der Waals surface area contributed by atoms with Crippen LogP contribution in [0.25, 0.3) is 11.8 Å². The number of hydrazone groups is 1. The SMILES string of the molecule is Cc1cc(/C=C2/C(=N)N3N=C(c4ccncc4)SC3=NC2=O)c(C)n1-c1ccccc1.